The summed E-state index contributed by atoms with van der Waals surface area (Å²) in [5, 5.41) is 19.6. The molecule has 2 aliphatic heterocycles. The second kappa shape index (κ2) is 10.8. The van der Waals surface area contributed by atoms with Gasteiger partial charge in [-0.25, -0.2) is 9.80 Å². The van der Waals surface area contributed by atoms with E-state index in [4.69, 9.17) is 4.74 Å². The van der Waals surface area contributed by atoms with Crippen LogP contribution in [0.15, 0.2) is 66.4 Å². The quantitative estimate of drug-likeness (QED) is 0.383. The first-order valence-electron chi connectivity index (χ1n) is 13.1. The van der Waals surface area contributed by atoms with Crippen molar-refractivity contribution in [1.82, 2.24) is 20.7 Å². The highest BCUT2D eigenvalue weighted by molar-refractivity contribution is 6.04. The highest BCUT2D eigenvalue weighted by atomic mass is 16.6. The molecule has 12 heteroatoms. The van der Waals surface area contributed by atoms with Gasteiger partial charge in [0.15, 0.2) is 5.78 Å². The van der Waals surface area contributed by atoms with Crippen molar-refractivity contribution in [1.29, 1.82) is 0 Å². The smallest absolute Gasteiger partial charge is 0.408 e. The molecular weight excluding hydrogens is 530 g/mol. The van der Waals surface area contributed by atoms with Crippen molar-refractivity contribution >= 4 is 29.4 Å². The SMILES string of the molecule is C[C@H](NC(=O)OC(C)(C)C)C(=O)C1=CN2C(=O)[C@H](NC(=O)c3ccccc3)C(C)(C)N2[C@H]1c1ccc([N+](=O)[O-])cc1. The number of amides is 3. The Labute approximate surface area is 237 Å². The van der Waals surface area contributed by atoms with Gasteiger partial charge in [0, 0.05) is 29.5 Å². The maximum Gasteiger partial charge on any atom is 0.408 e. The second-order valence-corrected chi connectivity index (χ2v) is 11.5. The molecule has 0 spiro atoms. The van der Waals surface area contributed by atoms with Crippen molar-refractivity contribution in [3.8, 4) is 0 Å². The summed E-state index contributed by atoms with van der Waals surface area (Å²) in [5.41, 5.74) is -0.849. The summed E-state index contributed by atoms with van der Waals surface area (Å²) in [4.78, 5) is 63.5. The van der Waals surface area contributed by atoms with Crippen LogP contribution >= 0.6 is 0 Å². The first-order valence-corrected chi connectivity index (χ1v) is 13.1. The lowest BCUT2D eigenvalue weighted by Gasteiger charge is -2.38. The zero-order valence-electron chi connectivity index (χ0n) is 23.7. The van der Waals surface area contributed by atoms with E-state index >= 15 is 0 Å². The van der Waals surface area contributed by atoms with E-state index in [0.29, 0.717) is 11.1 Å². The lowest BCUT2D eigenvalue weighted by molar-refractivity contribution is -0.384. The Balaban J connectivity index is 1.70. The number of rotatable bonds is 7. The molecule has 4 rings (SSSR count). The highest BCUT2D eigenvalue weighted by Gasteiger charge is 2.59. The molecule has 0 radical (unpaired) electrons. The predicted octanol–water partition coefficient (Wildman–Crippen LogP) is 3.65. The Morgan fingerprint density at radius 2 is 1.66 bits per heavy atom. The number of nitro groups is 1. The van der Waals surface area contributed by atoms with Crippen LogP contribution in [0.25, 0.3) is 0 Å². The summed E-state index contributed by atoms with van der Waals surface area (Å²) >= 11 is 0. The monoisotopic (exact) mass is 563 g/mol. The summed E-state index contributed by atoms with van der Waals surface area (Å²) in [7, 11) is 0. The number of nitrogens with one attached hydrogen (secondary N) is 2. The lowest BCUT2D eigenvalue weighted by Crippen LogP contribution is -2.55. The molecule has 2 aromatic rings. The molecule has 0 bridgehead atoms. The molecule has 2 aromatic carbocycles. The van der Waals surface area contributed by atoms with Crippen LogP contribution in [-0.2, 0) is 14.3 Å². The van der Waals surface area contributed by atoms with E-state index in [1.165, 1.54) is 42.4 Å². The molecule has 2 heterocycles. The number of nitro benzene ring substituents is 1. The largest absolute Gasteiger partial charge is 0.444 e. The second-order valence-electron chi connectivity index (χ2n) is 11.5. The third kappa shape index (κ3) is 5.82. The number of fused-ring (bicyclic) bond motifs is 1. The minimum atomic E-state index is -1.03. The third-order valence-corrected chi connectivity index (χ3v) is 6.94. The standard InChI is InChI=1S/C29H33N5O7/c1-17(30-27(38)41-28(2,3)4)23(35)21-16-32-26(37)24(31-25(36)19-10-8-7-9-11-19)29(5,6)33(32)22(21)18-12-14-20(15-13-18)34(39)40/h7-17,22,24H,1-6H3,(H,30,38)(H,31,36)/t17-,22-,24-/m0/s1. The van der Waals surface area contributed by atoms with Gasteiger partial charge in [-0.1, -0.05) is 30.3 Å². The van der Waals surface area contributed by atoms with Gasteiger partial charge >= 0.3 is 6.09 Å². The Bertz CT molecular complexity index is 1410. The van der Waals surface area contributed by atoms with Crippen molar-refractivity contribution in [3.05, 3.63) is 87.6 Å². The normalized spacial score (nSPS) is 20.6. The summed E-state index contributed by atoms with van der Waals surface area (Å²) in [6, 6.07) is 11.4. The van der Waals surface area contributed by atoms with Crippen molar-refractivity contribution in [2.75, 3.05) is 0 Å². The fraction of sp³-hybridized carbons (Fsp3) is 0.379. The van der Waals surface area contributed by atoms with E-state index in [1.54, 1.807) is 70.0 Å². The number of hydrogen-bond acceptors (Lipinski definition) is 8. The van der Waals surface area contributed by atoms with E-state index in [2.05, 4.69) is 10.6 Å². The van der Waals surface area contributed by atoms with Crippen LogP contribution < -0.4 is 10.6 Å². The van der Waals surface area contributed by atoms with Gasteiger partial charge in [0.1, 0.15) is 11.6 Å². The third-order valence-electron chi connectivity index (χ3n) is 6.94. The number of carbonyl (C=O) groups is 4. The van der Waals surface area contributed by atoms with Crippen molar-refractivity contribution in [3.63, 3.8) is 0 Å². The van der Waals surface area contributed by atoms with Crippen LogP contribution in [0.2, 0.25) is 0 Å². The molecular formula is C29H33N5O7. The Morgan fingerprint density at radius 1 is 1.05 bits per heavy atom. The molecule has 0 aromatic heterocycles. The van der Waals surface area contributed by atoms with Crippen molar-refractivity contribution in [2.45, 2.75) is 70.8 Å². The van der Waals surface area contributed by atoms with E-state index in [9.17, 15) is 29.3 Å². The highest BCUT2D eigenvalue weighted by Crippen LogP contribution is 2.47. The molecule has 3 amide bonds. The molecule has 3 atom stereocenters. The van der Waals surface area contributed by atoms with Gasteiger partial charge in [-0.15, -0.1) is 0 Å². The van der Waals surface area contributed by atoms with Gasteiger partial charge in [-0.3, -0.25) is 24.5 Å². The topological polar surface area (TPSA) is 151 Å². The number of alkyl carbamates (subject to hydrolysis) is 1. The van der Waals surface area contributed by atoms with Crippen LogP contribution in [0.4, 0.5) is 10.5 Å². The number of Topliss-reactive ketones (excluding diaryl/α,β-unsaturated/α-hetero) is 1. The Hall–Kier alpha value is -4.58. The summed E-state index contributed by atoms with van der Waals surface area (Å²) in [6.45, 7) is 10.1. The fourth-order valence-corrected chi connectivity index (χ4v) is 5.01. The molecule has 12 nitrogen and oxygen atoms in total. The zero-order valence-corrected chi connectivity index (χ0v) is 23.7. The molecule has 2 aliphatic rings. The van der Waals surface area contributed by atoms with Crippen LogP contribution in [0.1, 0.15) is 63.5 Å². The maximum absolute atomic E-state index is 13.7. The Morgan fingerprint density at radius 3 is 2.22 bits per heavy atom. The average molecular weight is 564 g/mol. The first kappa shape index (κ1) is 29.4. The van der Waals surface area contributed by atoms with E-state index in [0.717, 1.165) is 0 Å². The van der Waals surface area contributed by atoms with E-state index < -0.39 is 57.9 Å². The van der Waals surface area contributed by atoms with E-state index in [1.807, 2.05) is 0 Å². The van der Waals surface area contributed by atoms with Crippen LogP contribution in [0.5, 0.6) is 0 Å². The lowest BCUT2D eigenvalue weighted by atomic mass is 9.88. The average Bonchev–Trinajstić information content (AvgIpc) is 3.38. The van der Waals surface area contributed by atoms with Crippen LogP contribution in [0.3, 0.4) is 0 Å². The number of ketones is 1. The van der Waals surface area contributed by atoms with Crippen LogP contribution in [0, 0.1) is 10.1 Å². The number of hydrogen-bond donors (Lipinski definition) is 2. The fourth-order valence-electron chi connectivity index (χ4n) is 5.01. The van der Waals surface area contributed by atoms with Crippen molar-refractivity contribution in [2.24, 2.45) is 0 Å². The Kier molecular flexibility index (Phi) is 7.72. The van der Waals surface area contributed by atoms with Crippen molar-refractivity contribution < 1.29 is 28.8 Å². The van der Waals surface area contributed by atoms with Gasteiger partial charge in [0.05, 0.1) is 22.5 Å². The summed E-state index contributed by atoms with van der Waals surface area (Å²) < 4.78 is 5.28. The number of nitrogens with zero attached hydrogens (tertiary/aromatic N) is 3. The molecule has 0 saturated carbocycles. The van der Waals surface area contributed by atoms with E-state index in [-0.39, 0.29) is 11.3 Å². The van der Waals surface area contributed by atoms with Gasteiger partial charge in [0.2, 0.25) is 0 Å². The van der Waals surface area contributed by atoms with Gasteiger partial charge in [0.25, 0.3) is 17.5 Å². The van der Waals surface area contributed by atoms with Gasteiger partial charge < -0.3 is 15.4 Å². The van der Waals surface area contributed by atoms with Gasteiger partial charge in [-0.2, -0.15) is 5.01 Å². The van der Waals surface area contributed by atoms with Crippen LogP contribution in [-0.4, -0.2) is 61.9 Å². The molecule has 41 heavy (non-hydrogen) atoms. The number of carbonyl (C=O) groups excluding carboxylic acids is 4. The molecule has 216 valence electrons. The number of benzene rings is 2. The molecule has 1 saturated heterocycles. The number of ether oxygens (including phenoxy) is 1. The maximum atomic E-state index is 13.7. The molecule has 0 aliphatic carbocycles. The minimum Gasteiger partial charge on any atom is -0.444 e. The summed E-state index contributed by atoms with van der Waals surface area (Å²) in [6.07, 6.45) is 0.630. The predicted molar refractivity (Wildman–Crippen MR) is 148 cm³/mol. The number of hydrazine groups is 1. The zero-order chi connectivity index (χ0) is 30.3. The summed E-state index contributed by atoms with van der Waals surface area (Å²) in [5.74, 6) is -1.36. The molecule has 2 N–H and O–H groups in total. The van der Waals surface area contributed by atoms with Gasteiger partial charge in [-0.05, 0) is 59.2 Å². The number of non-ortho nitro benzene ring substituents is 1. The minimum absolute atomic E-state index is 0.134. The first-order chi connectivity index (χ1) is 19.1. The molecule has 0 unspecified atom stereocenters. The molecule has 1 fully saturated rings.